The van der Waals surface area contributed by atoms with E-state index in [0.29, 0.717) is 5.82 Å². The summed E-state index contributed by atoms with van der Waals surface area (Å²) in [5, 5.41) is 9.44. The van der Waals surface area contributed by atoms with Crippen LogP contribution < -0.4 is 10.5 Å². The molecule has 0 aliphatic rings. The van der Waals surface area contributed by atoms with Crippen molar-refractivity contribution in [3.8, 4) is 27.6 Å². The van der Waals surface area contributed by atoms with Crippen LogP contribution in [0.5, 0.6) is 5.75 Å². The van der Waals surface area contributed by atoms with Crippen molar-refractivity contribution in [1.29, 1.82) is 0 Å². The van der Waals surface area contributed by atoms with Crippen molar-refractivity contribution in [1.82, 2.24) is 15.2 Å². The molecule has 5 nitrogen and oxygen atoms in total. The van der Waals surface area contributed by atoms with Gasteiger partial charge in [-0.15, -0.1) is 11.3 Å². The zero-order valence-electron chi connectivity index (χ0n) is 10.3. The molecular weight excluding hydrogens is 260 g/mol. The molecular formula is C13H12N4OS. The summed E-state index contributed by atoms with van der Waals surface area (Å²) >= 11 is 1.53. The number of hydrogen-bond acceptors (Lipinski definition) is 5. The molecule has 3 rings (SSSR count). The highest BCUT2D eigenvalue weighted by atomic mass is 32.1. The molecule has 0 saturated carbocycles. The van der Waals surface area contributed by atoms with Crippen molar-refractivity contribution in [2.75, 3.05) is 12.8 Å². The molecule has 2 aromatic heterocycles. The molecule has 0 saturated heterocycles. The molecule has 0 aliphatic heterocycles. The molecule has 0 bridgehead atoms. The molecule has 0 fully saturated rings. The van der Waals surface area contributed by atoms with Gasteiger partial charge in [0.1, 0.15) is 16.6 Å². The normalized spacial score (nSPS) is 10.6. The van der Waals surface area contributed by atoms with Gasteiger partial charge in [-0.25, -0.2) is 4.98 Å². The summed E-state index contributed by atoms with van der Waals surface area (Å²) in [6.07, 6.45) is 1.68. The summed E-state index contributed by atoms with van der Waals surface area (Å²) < 4.78 is 5.34. The number of benzene rings is 1. The van der Waals surface area contributed by atoms with Gasteiger partial charge < -0.3 is 10.5 Å². The molecule has 1 aromatic carbocycles. The first-order valence-corrected chi connectivity index (χ1v) is 6.55. The van der Waals surface area contributed by atoms with Gasteiger partial charge in [0.25, 0.3) is 0 Å². The van der Waals surface area contributed by atoms with Crippen LogP contribution in [0, 0.1) is 0 Å². The Hall–Kier alpha value is -2.34. The number of ether oxygens (including phenoxy) is 1. The number of nitrogens with two attached hydrogens (primary N) is 1. The molecule has 0 unspecified atom stereocenters. The number of aromatic amines is 1. The van der Waals surface area contributed by atoms with Gasteiger partial charge in [-0.05, 0) is 12.1 Å². The average Bonchev–Trinajstić information content (AvgIpc) is 3.07. The lowest BCUT2D eigenvalue weighted by Gasteiger charge is -2.04. The largest absolute Gasteiger partial charge is 0.496 e. The molecule has 3 N–H and O–H groups in total. The molecule has 6 heteroatoms. The quantitative estimate of drug-likeness (QED) is 0.768. The minimum absolute atomic E-state index is 0.529. The summed E-state index contributed by atoms with van der Waals surface area (Å²) in [6.45, 7) is 0. The molecule has 19 heavy (non-hydrogen) atoms. The second-order valence-electron chi connectivity index (χ2n) is 3.94. The first kappa shape index (κ1) is 11.7. The summed E-state index contributed by atoms with van der Waals surface area (Å²) in [5.41, 5.74) is 8.47. The maximum absolute atomic E-state index is 5.80. The Morgan fingerprint density at radius 3 is 2.84 bits per heavy atom. The van der Waals surface area contributed by atoms with Crippen LogP contribution in [0.4, 0.5) is 5.82 Å². The van der Waals surface area contributed by atoms with Crippen LogP contribution in [0.1, 0.15) is 0 Å². The third-order valence-corrected chi connectivity index (χ3v) is 3.66. The van der Waals surface area contributed by atoms with Crippen molar-refractivity contribution in [2.45, 2.75) is 0 Å². The lowest BCUT2D eigenvalue weighted by atomic mass is 10.1. The Labute approximate surface area is 114 Å². The second kappa shape index (κ2) is 4.74. The summed E-state index contributed by atoms with van der Waals surface area (Å²) in [6, 6.07) is 7.80. The van der Waals surface area contributed by atoms with Crippen molar-refractivity contribution in [2.24, 2.45) is 0 Å². The van der Waals surface area contributed by atoms with Crippen molar-refractivity contribution in [3.63, 3.8) is 0 Å². The number of para-hydroxylation sites is 1. The maximum atomic E-state index is 5.80. The van der Waals surface area contributed by atoms with Gasteiger partial charge in [-0.1, -0.05) is 12.1 Å². The molecule has 0 atom stereocenters. The molecule has 96 valence electrons. The van der Waals surface area contributed by atoms with Gasteiger partial charge >= 0.3 is 0 Å². The van der Waals surface area contributed by atoms with E-state index in [9.17, 15) is 0 Å². The van der Waals surface area contributed by atoms with Crippen molar-refractivity contribution >= 4 is 17.2 Å². The number of rotatable bonds is 3. The van der Waals surface area contributed by atoms with Crippen LogP contribution in [0.3, 0.4) is 0 Å². The fraction of sp³-hybridized carbons (Fsp3) is 0.0769. The Kier molecular flexibility index (Phi) is 2.92. The third-order valence-electron chi connectivity index (χ3n) is 2.79. The minimum atomic E-state index is 0.529. The van der Waals surface area contributed by atoms with E-state index in [4.69, 9.17) is 10.5 Å². The van der Waals surface area contributed by atoms with Gasteiger partial charge in [0.05, 0.1) is 24.6 Å². The number of nitrogens with one attached hydrogen (secondary N) is 1. The summed E-state index contributed by atoms with van der Waals surface area (Å²) in [4.78, 5) is 4.59. The standard InChI is InChI=1S/C13H12N4OS/c1-18-11-5-3-2-4-8(11)10-7-19-13(16-10)9-6-15-17-12(9)14/h2-7H,1H3,(H3,14,15,17). The van der Waals surface area contributed by atoms with Gasteiger partial charge in [-0.3, -0.25) is 5.10 Å². The number of nitrogens with zero attached hydrogens (tertiary/aromatic N) is 2. The van der Waals surface area contributed by atoms with E-state index in [1.807, 2.05) is 29.6 Å². The predicted molar refractivity (Wildman–Crippen MR) is 76.1 cm³/mol. The van der Waals surface area contributed by atoms with Crippen LogP contribution in [-0.2, 0) is 0 Å². The molecule has 3 aromatic rings. The fourth-order valence-corrected chi connectivity index (χ4v) is 2.69. The van der Waals surface area contributed by atoms with Crippen LogP contribution in [-0.4, -0.2) is 22.3 Å². The average molecular weight is 272 g/mol. The number of anilines is 1. The van der Waals surface area contributed by atoms with Crippen molar-refractivity contribution in [3.05, 3.63) is 35.8 Å². The first-order valence-electron chi connectivity index (χ1n) is 5.67. The van der Waals surface area contributed by atoms with E-state index in [1.165, 1.54) is 11.3 Å². The molecule has 2 heterocycles. The first-order chi connectivity index (χ1) is 9.29. The number of thiazole rings is 1. The monoisotopic (exact) mass is 272 g/mol. The van der Waals surface area contributed by atoms with Crippen LogP contribution in [0.15, 0.2) is 35.8 Å². The smallest absolute Gasteiger partial charge is 0.129 e. The number of aromatic nitrogens is 3. The van der Waals surface area contributed by atoms with Gasteiger partial charge in [0.15, 0.2) is 0 Å². The predicted octanol–water partition coefficient (Wildman–Crippen LogP) is 2.79. The third kappa shape index (κ3) is 2.06. The fourth-order valence-electron chi connectivity index (χ4n) is 1.84. The Morgan fingerprint density at radius 1 is 1.26 bits per heavy atom. The number of nitrogen functional groups attached to an aromatic ring is 1. The highest BCUT2D eigenvalue weighted by Crippen LogP contribution is 2.34. The van der Waals surface area contributed by atoms with Crippen LogP contribution >= 0.6 is 11.3 Å². The van der Waals surface area contributed by atoms with Crippen LogP contribution in [0.2, 0.25) is 0 Å². The lowest BCUT2D eigenvalue weighted by molar-refractivity contribution is 0.416. The van der Waals surface area contributed by atoms with Gasteiger partial charge in [-0.2, -0.15) is 5.10 Å². The zero-order chi connectivity index (χ0) is 13.2. The van der Waals surface area contributed by atoms with E-state index in [0.717, 1.165) is 27.6 Å². The zero-order valence-corrected chi connectivity index (χ0v) is 11.1. The highest BCUT2D eigenvalue weighted by molar-refractivity contribution is 7.13. The summed E-state index contributed by atoms with van der Waals surface area (Å²) in [5.74, 6) is 1.33. The van der Waals surface area contributed by atoms with E-state index < -0.39 is 0 Å². The maximum Gasteiger partial charge on any atom is 0.129 e. The van der Waals surface area contributed by atoms with E-state index in [2.05, 4.69) is 15.2 Å². The number of hydrogen-bond donors (Lipinski definition) is 2. The molecule has 0 amide bonds. The van der Waals surface area contributed by atoms with E-state index >= 15 is 0 Å². The lowest BCUT2D eigenvalue weighted by Crippen LogP contribution is -1.89. The number of methoxy groups -OCH3 is 1. The molecule has 0 spiro atoms. The molecule has 0 radical (unpaired) electrons. The second-order valence-corrected chi connectivity index (χ2v) is 4.79. The van der Waals surface area contributed by atoms with Crippen molar-refractivity contribution < 1.29 is 4.74 Å². The SMILES string of the molecule is COc1ccccc1-c1csc(-c2cn[nH]c2N)n1. The Morgan fingerprint density at radius 2 is 2.11 bits per heavy atom. The topological polar surface area (TPSA) is 76.8 Å². The number of H-pyrrole nitrogens is 1. The Bertz CT molecular complexity index is 704. The highest BCUT2D eigenvalue weighted by Gasteiger charge is 2.13. The molecule has 0 aliphatic carbocycles. The minimum Gasteiger partial charge on any atom is -0.496 e. The van der Waals surface area contributed by atoms with Crippen LogP contribution in [0.25, 0.3) is 21.8 Å². The van der Waals surface area contributed by atoms with Gasteiger partial charge in [0, 0.05) is 10.9 Å². The van der Waals surface area contributed by atoms with Gasteiger partial charge in [0.2, 0.25) is 0 Å². The Balaban J connectivity index is 2.04. The van der Waals surface area contributed by atoms with E-state index in [-0.39, 0.29) is 0 Å². The van der Waals surface area contributed by atoms with E-state index in [1.54, 1.807) is 13.3 Å². The summed E-state index contributed by atoms with van der Waals surface area (Å²) in [7, 11) is 1.65.